The summed E-state index contributed by atoms with van der Waals surface area (Å²) in [6.45, 7) is 4.86. The van der Waals surface area contributed by atoms with Crippen molar-refractivity contribution in [2.24, 2.45) is 0 Å². The Hall–Kier alpha value is -2.18. The maximum Gasteiger partial charge on any atom is 0.305 e. The molecule has 0 aromatic carbocycles. The molecule has 0 heterocycles. The summed E-state index contributed by atoms with van der Waals surface area (Å²) in [4.78, 5) is 24.6. The highest BCUT2D eigenvalue weighted by atomic mass is 16.5. The van der Waals surface area contributed by atoms with Gasteiger partial charge in [-0.2, -0.15) is 0 Å². The highest BCUT2D eigenvalue weighted by Crippen LogP contribution is 2.17. The van der Waals surface area contributed by atoms with Gasteiger partial charge in [0.05, 0.1) is 25.4 Å². The predicted octanol–water partition coefficient (Wildman–Crippen LogP) is 19.7. The average Bonchev–Trinajstić information content (AvgIpc) is 3.37. The number of amides is 1. The van der Waals surface area contributed by atoms with Crippen LogP contribution in [0.25, 0.3) is 0 Å². The topological polar surface area (TPSA) is 95.9 Å². The third-order valence-electron chi connectivity index (χ3n) is 14.3. The molecular formula is C65H121NO5. The first kappa shape index (κ1) is 68.8. The summed E-state index contributed by atoms with van der Waals surface area (Å²) in [5.74, 6) is -0.0966. The van der Waals surface area contributed by atoms with Crippen molar-refractivity contribution in [2.75, 3.05) is 13.2 Å². The molecule has 416 valence electrons. The van der Waals surface area contributed by atoms with E-state index in [4.69, 9.17) is 4.74 Å². The number of carbonyl (C=O) groups is 2. The zero-order valence-corrected chi connectivity index (χ0v) is 47.5. The van der Waals surface area contributed by atoms with E-state index in [1.165, 1.54) is 225 Å². The van der Waals surface area contributed by atoms with Crippen LogP contribution in [-0.2, 0) is 14.3 Å². The largest absolute Gasteiger partial charge is 0.466 e. The SMILES string of the molecule is CCCCC/C=C\C/C=C\CCCCCCCCCCCC(=O)OCCCCCC/C=C\CCCCCCCCCC(=O)NC(CO)C(O)/C=C/CCCCCCCCCCCCCCCCCCCC. The van der Waals surface area contributed by atoms with E-state index in [-0.39, 0.29) is 18.5 Å². The van der Waals surface area contributed by atoms with E-state index < -0.39 is 12.1 Å². The Kier molecular flexibility index (Phi) is 58.5. The molecule has 0 radical (unpaired) electrons. The van der Waals surface area contributed by atoms with E-state index in [9.17, 15) is 19.8 Å². The van der Waals surface area contributed by atoms with E-state index in [0.29, 0.717) is 19.4 Å². The fourth-order valence-corrected chi connectivity index (χ4v) is 9.48. The normalized spacial score (nSPS) is 12.9. The summed E-state index contributed by atoms with van der Waals surface area (Å²) in [5.41, 5.74) is 0. The quantitative estimate of drug-likeness (QED) is 0.0321. The molecule has 0 spiro atoms. The third kappa shape index (κ3) is 57.0. The number of allylic oxidation sites excluding steroid dienone is 7. The molecule has 6 heteroatoms. The minimum Gasteiger partial charge on any atom is -0.466 e. The molecule has 2 unspecified atom stereocenters. The van der Waals surface area contributed by atoms with Crippen LogP contribution < -0.4 is 5.32 Å². The van der Waals surface area contributed by atoms with Crippen LogP contribution in [0.2, 0.25) is 0 Å². The van der Waals surface area contributed by atoms with E-state index in [0.717, 1.165) is 77.0 Å². The molecule has 0 saturated heterocycles. The number of aliphatic hydroxyl groups is 2. The molecule has 6 nitrogen and oxygen atoms in total. The number of ether oxygens (including phenoxy) is 1. The van der Waals surface area contributed by atoms with Crippen molar-refractivity contribution in [1.29, 1.82) is 0 Å². The smallest absolute Gasteiger partial charge is 0.305 e. The second-order valence-corrected chi connectivity index (χ2v) is 21.4. The van der Waals surface area contributed by atoms with Crippen LogP contribution >= 0.6 is 0 Å². The maximum atomic E-state index is 12.5. The van der Waals surface area contributed by atoms with Crippen LogP contribution in [0.4, 0.5) is 0 Å². The highest BCUT2D eigenvalue weighted by Gasteiger charge is 2.18. The van der Waals surface area contributed by atoms with Gasteiger partial charge in [-0.1, -0.05) is 274 Å². The summed E-state index contributed by atoms with van der Waals surface area (Å²) in [6, 6.07) is -0.641. The first-order chi connectivity index (χ1) is 35.0. The maximum absolute atomic E-state index is 12.5. The zero-order chi connectivity index (χ0) is 51.4. The van der Waals surface area contributed by atoms with E-state index in [2.05, 4.69) is 55.6 Å². The Bertz CT molecular complexity index is 1190. The van der Waals surface area contributed by atoms with E-state index in [1.807, 2.05) is 6.08 Å². The number of hydrogen-bond acceptors (Lipinski definition) is 5. The minimum absolute atomic E-state index is 0.0149. The molecule has 0 aromatic heterocycles. The lowest BCUT2D eigenvalue weighted by molar-refractivity contribution is -0.143. The molecule has 1 amide bonds. The van der Waals surface area contributed by atoms with Crippen LogP contribution in [0, 0.1) is 0 Å². The second kappa shape index (κ2) is 60.4. The van der Waals surface area contributed by atoms with Crippen LogP contribution in [-0.4, -0.2) is 47.4 Å². The first-order valence-corrected chi connectivity index (χ1v) is 31.4. The molecule has 0 aliphatic carbocycles. The Morgan fingerprint density at radius 2 is 0.704 bits per heavy atom. The van der Waals surface area contributed by atoms with Crippen molar-refractivity contribution < 1.29 is 24.5 Å². The van der Waals surface area contributed by atoms with Crippen molar-refractivity contribution in [2.45, 2.75) is 341 Å². The fraction of sp³-hybridized carbons (Fsp3) is 0.846. The second-order valence-electron chi connectivity index (χ2n) is 21.4. The Balaban J connectivity index is 3.49. The molecule has 0 rings (SSSR count). The summed E-state index contributed by atoms with van der Waals surface area (Å²) >= 11 is 0. The van der Waals surface area contributed by atoms with Crippen LogP contribution in [0.15, 0.2) is 48.6 Å². The lowest BCUT2D eigenvalue weighted by Gasteiger charge is -2.20. The molecule has 3 N–H and O–H groups in total. The van der Waals surface area contributed by atoms with Gasteiger partial charge in [0.15, 0.2) is 0 Å². The molecule has 0 saturated carbocycles. The van der Waals surface area contributed by atoms with Gasteiger partial charge in [0.25, 0.3) is 0 Å². The molecular weight excluding hydrogens is 875 g/mol. The van der Waals surface area contributed by atoms with Gasteiger partial charge < -0.3 is 20.3 Å². The number of unbranched alkanes of at least 4 members (excludes halogenated alkanes) is 41. The summed E-state index contributed by atoms with van der Waals surface area (Å²) in [6.07, 6.45) is 77.1. The Morgan fingerprint density at radius 1 is 0.394 bits per heavy atom. The van der Waals surface area contributed by atoms with Gasteiger partial charge in [-0.05, 0) is 89.9 Å². The van der Waals surface area contributed by atoms with Crippen molar-refractivity contribution in [1.82, 2.24) is 5.32 Å². The predicted molar refractivity (Wildman–Crippen MR) is 310 cm³/mol. The van der Waals surface area contributed by atoms with Gasteiger partial charge in [0.1, 0.15) is 0 Å². The lowest BCUT2D eigenvalue weighted by atomic mass is 10.0. The first-order valence-electron chi connectivity index (χ1n) is 31.4. The monoisotopic (exact) mass is 996 g/mol. The number of rotatable bonds is 58. The average molecular weight is 997 g/mol. The van der Waals surface area contributed by atoms with Crippen molar-refractivity contribution in [3.63, 3.8) is 0 Å². The standard InChI is InChI=1S/C65H121NO5/c1-3-5-7-9-11-13-15-17-19-21-23-25-26-29-33-37-41-45-49-53-57-63(68)62(61-67)66-64(69)58-54-50-46-42-38-34-30-28-32-36-40-44-48-52-56-60-71-65(70)59-55-51-47-43-39-35-31-27-24-22-20-18-16-14-12-10-8-6-4-2/h12,14,18,20,32,36,53,57,62-63,67-68H,3-11,13,15-17,19,21-31,33-35,37-52,54-56,58-61H2,1-2H3,(H,66,69)/b14-12-,20-18-,36-32-,57-53+. The molecule has 0 aliphatic heterocycles. The van der Waals surface area contributed by atoms with Gasteiger partial charge in [-0.3, -0.25) is 9.59 Å². The van der Waals surface area contributed by atoms with Crippen molar-refractivity contribution >= 4 is 11.9 Å². The highest BCUT2D eigenvalue weighted by molar-refractivity contribution is 5.76. The van der Waals surface area contributed by atoms with Gasteiger partial charge >= 0.3 is 5.97 Å². The van der Waals surface area contributed by atoms with Gasteiger partial charge in [-0.25, -0.2) is 0 Å². The third-order valence-corrected chi connectivity index (χ3v) is 14.3. The van der Waals surface area contributed by atoms with Crippen molar-refractivity contribution in [3.05, 3.63) is 48.6 Å². The van der Waals surface area contributed by atoms with Crippen molar-refractivity contribution in [3.8, 4) is 0 Å². The van der Waals surface area contributed by atoms with Gasteiger partial charge in [0.2, 0.25) is 5.91 Å². The molecule has 0 bridgehead atoms. The number of aliphatic hydroxyl groups excluding tert-OH is 2. The summed E-state index contributed by atoms with van der Waals surface area (Å²) in [5, 5.41) is 23.2. The molecule has 2 atom stereocenters. The minimum atomic E-state index is -0.856. The molecule has 71 heavy (non-hydrogen) atoms. The van der Waals surface area contributed by atoms with Gasteiger partial charge in [0, 0.05) is 12.8 Å². The fourth-order valence-electron chi connectivity index (χ4n) is 9.48. The molecule has 0 aromatic rings. The van der Waals surface area contributed by atoms with Crippen LogP contribution in [0.3, 0.4) is 0 Å². The number of carbonyl (C=O) groups excluding carboxylic acids is 2. The molecule has 0 aliphatic rings. The number of nitrogens with one attached hydrogen (secondary N) is 1. The number of esters is 1. The van der Waals surface area contributed by atoms with E-state index >= 15 is 0 Å². The van der Waals surface area contributed by atoms with Crippen LogP contribution in [0.5, 0.6) is 0 Å². The lowest BCUT2D eigenvalue weighted by Crippen LogP contribution is -2.45. The zero-order valence-electron chi connectivity index (χ0n) is 47.5. The Labute approximate surface area is 442 Å². The summed E-state index contributed by atoms with van der Waals surface area (Å²) in [7, 11) is 0. The molecule has 0 fully saturated rings. The Morgan fingerprint density at radius 3 is 1.11 bits per heavy atom. The van der Waals surface area contributed by atoms with Crippen LogP contribution in [0.1, 0.15) is 328 Å². The van der Waals surface area contributed by atoms with Gasteiger partial charge in [-0.15, -0.1) is 0 Å². The van der Waals surface area contributed by atoms with E-state index in [1.54, 1.807) is 6.08 Å². The summed E-state index contributed by atoms with van der Waals surface area (Å²) < 4.78 is 5.48. The number of hydrogen-bond donors (Lipinski definition) is 3.